The fourth-order valence-corrected chi connectivity index (χ4v) is 0.992. The normalized spacial score (nSPS) is 17.6. The van der Waals surface area contributed by atoms with E-state index in [0.29, 0.717) is 0 Å². The Morgan fingerprint density at radius 3 is 2.21 bits per heavy atom. The van der Waals surface area contributed by atoms with Crippen molar-refractivity contribution in [3.05, 3.63) is 11.5 Å². The minimum absolute atomic E-state index is 0.548. The second-order valence-electron chi connectivity index (χ2n) is 5.00. The van der Waals surface area contributed by atoms with Gasteiger partial charge in [0, 0.05) is 0 Å². The molecule has 14 heavy (non-hydrogen) atoms. The molecule has 0 aromatic rings. The van der Waals surface area contributed by atoms with Gasteiger partial charge in [-0.1, -0.05) is 11.5 Å². The highest BCUT2D eigenvalue weighted by atomic mass is 16.5. The molecule has 0 aromatic carbocycles. The van der Waals surface area contributed by atoms with E-state index >= 15 is 0 Å². The van der Waals surface area contributed by atoms with Crippen molar-refractivity contribution in [1.82, 2.24) is 0 Å². The van der Waals surface area contributed by atoms with Crippen LogP contribution in [-0.4, -0.2) is 23.8 Å². The maximum Gasteiger partial charge on any atom is 0.323 e. The van der Waals surface area contributed by atoms with Gasteiger partial charge in [-0.15, -0.1) is 0 Å². The van der Waals surface area contributed by atoms with Crippen molar-refractivity contribution in [1.29, 1.82) is 0 Å². The predicted molar refractivity (Wildman–Crippen MR) is 59.1 cm³/mol. The van der Waals surface area contributed by atoms with Gasteiger partial charge >= 0.3 is 7.48 Å². The Kier molecular flexibility index (Phi) is 3.43. The van der Waals surface area contributed by atoms with Gasteiger partial charge in [-0.3, -0.25) is 0 Å². The van der Waals surface area contributed by atoms with Gasteiger partial charge in [0.2, 0.25) is 0 Å². The predicted octanol–water partition coefficient (Wildman–Crippen LogP) is 2.24. The summed E-state index contributed by atoms with van der Waals surface area (Å²) in [6.07, 6.45) is 3.69. The van der Waals surface area contributed by atoms with Gasteiger partial charge in [-0.2, -0.15) is 0 Å². The largest absolute Gasteiger partial charge is 0.427 e. The first-order valence-corrected chi connectivity index (χ1v) is 5.24. The molecule has 0 aliphatic heterocycles. The average Bonchev–Trinajstić information content (AvgIpc) is 1.92. The summed E-state index contributed by atoms with van der Waals surface area (Å²) in [6.45, 7) is 7.31. The minimum atomic E-state index is -0.832. The molecule has 2 nitrogen and oxygen atoms in total. The maximum absolute atomic E-state index is 9.82. The molecule has 1 aliphatic carbocycles. The van der Waals surface area contributed by atoms with Crippen molar-refractivity contribution in [2.45, 2.75) is 58.2 Å². The Hall–Kier alpha value is -0.275. The summed E-state index contributed by atoms with van der Waals surface area (Å²) in [5, 5.41) is 9.82. The molecular formula is C11H20BO2. The van der Waals surface area contributed by atoms with Crippen LogP contribution in [0.1, 0.15) is 47.0 Å². The first-order valence-electron chi connectivity index (χ1n) is 5.24. The number of aliphatic hydroxyl groups is 1. The Bertz CT molecular complexity index is 220. The van der Waals surface area contributed by atoms with Crippen molar-refractivity contribution < 1.29 is 9.76 Å². The van der Waals surface area contributed by atoms with E-state index < -0.39 is 11.2 Å². The van der Waals surface area contributed by atoms with Crippen LogP contribution in [0.15, 0.2) is 11.5 Å². The molecule has 0 aromatic heterocycles. The van der Waals surface area contributed by atoms with Gasteiger partial charge in [0.05, 0.1) is 11.2 Å². The second-order valence-corrected chi connectivity index (χ2v) is 5.00. The van der Waals surface area contributed by atoms with Crippen LogP contribution in [0, 0.1) is 0 Å². The Balaban J connectivity index is 2.36. The molecule has 1 radical (unpaired) electrons. The highest BCUT2D eigenvalue weighted by Gasteiger charge is 2.35. The van der Waals surface area contributed by atoms with Gasteiger partial charge in [0.15, 0.2) is 0 Å². The topological polar surface area (TPSA) is 29.5 Å². The molecule has 0 atom stereocenters. The zero-order valence-corrected chi connectivity index (χ0v) is 9.63. The molecule has 0 unspecified atom stereocenters. The fraction of sp³-hybridized carbons (Fsp3) is 0.818. The Morgan fingerprint density at radius 1 is 1.29 bits per heavy atom. The summed E-state index contributed by atoms with van der Waals surface area (Å²) in [4.78, 5) is 0. The number of rotatable bonds is 4. The molecule has 0 amide bonds. The lowest BCUT2D eigenvalue weighted by atomic mass is 9.82. The van der Waals surface area contributed by atoms with Crippen molar-refractivity contribution in [2.75, 3.05) is 0 Å². The smallest absolute Gasteiger partial charge is 0.323 e. The summed E-state index contributed by atoms with van der Waals surface area (Å²) in [7, 11) is 1.71. The molecule has 3 heteroatoms. The van der Waals surface area contributed by atoms with Crippen molar-refractivity contribution in [3.63, 3.8) is 0 Å². The quantitative estimate of drug-likeness (QED) is 0.697. The third kappa shape index (κ3) is 2.86. The van der Waals surface area contributed by atoms with E-state index in [2.05, 4.69) is 0 Å². The van der Waals surface area contributed by atoms with Gasteiger partial charge in [-0.25, -0.2) is 0 Å². The van der Waals surface area contributed by atoms with Crippen LogP contribution in [0.3, 0.4) is 0 Å². The lowest BCUT2D eigenvalue weighted by Gasteiger charge is -2.37. The van der Waals surface area contributed by atoms with E-state index in [1.165, 1.54) is 24.8 Å². The van der Waals surface area contributed by atoms with E-state index in [1.807, 2.05) is 19.8 Å². The van der Waals surface area contributed by atoms with Gasteiger partial charge in [0.25, 0.3) is 0 Å². The van der Waals surface area contributed by atoms with E-state index in [-0.39, 0.29) is 0 Å². The summed E-state index contributed by atoms with van der Waals surface area (Å²) in [5.74, 6) is 2.02. The molecule has 1 N–H and O–H groups in total. The standard InChI is InChI=1S/C11H20BO2/c1-10(2,13)11(3,4)14-12-8-9-6-5-7-9/h8,13H,5-7H2,1-4H3. The lowest BCUT2D eigenvalue weighted by molar-refractivity contribution is -0.0894. The second kappa shape index (κ2) is 4.07. The molecule has 1 aliphatic rings. The first kappa shape index (κ1) is 11.8. The van der Waals surface area contributed by atoms with E-state index in [0.717, 1.165) is 0 Å². The molecule has 0 spiro atoms. The van der Waals surface area contributed by atoms with E-state index in [9.17, 15) is 5.11 Å². The van der Waals surface area contributed by atoms with Crippen LogP contribution in [0.4, 0.5) is 0 Å². The summed E-state index contributed by atoms with van der Waals surface area (Å²) >= 11 is 0. The van der Waals surface area contributed by atoms with Crippen molar-refractivity contribution >= 4 is 7.48 Å². The van der Waals surface area contributed by atoms with Crippen LogP contribution in [0.2, 0.25) is 0 Å². The fourth-order valence-electron chi connectivity index (χ4n) is 0.992. The highest BCUT2D eigenvalue weighted by molar-refractivity contribution is 6.34. The third-order valence-corrected chi connectivity index (χ3v) is 3.14. The molecule has 1 rings (SSSR count). The van der Waals surface area contributed by atoms with Crippen LogP contribution in [-0.2, 0) is 4.65 Å². The molecule has 1 saturated carbocycles. The molecule has 0 bridgehead atoms. The molecule has 0 saturated heterocycles. The number of hydrogen-bond acceptors (Lipinski definition) is 2. The van der Waals surface area contributed by atoms with Crippen LogP contribution in [0.25, 0.3) is 0 Å². The van der Waals surface area contributed by atoms with E-state index in [4.69, 9.17) is 4.65 Å². The zero-order valence-electron chi connectivity index (χ0n) is 9.63. The lowest BCUT2D eigenvalue weighted by Crippen LogP contribution is -2.47. The SMILES string of the molecule is CC(C)(O)C(C)(C)O[B]C=C1CCC1. The minimum Gasteiger partial charge on any atom is -0.427 e. The van der Waals surface area contributed by atoms with Crippen LogP contribution < -0.4 is 0 Å². The number of hydrogen-bond donors (Lipinski definition) is 1. The Labute approximate surface area is 87.6 Å². The average molecular weight is 195 g/mol. The summed E-state index contributed by atoms with van der Waals surface area (Å²) in [6, 6.07) is 0. The van der Waals surface area contributed by atoms with Crippen molar-refractivity contribution in [3.8, 4) is 0 Å². The number of allylic oxidation sites excluding steroid dienone is 1. The first-order chi connectivity index (χ1) is 6.33. The van der Waals surface area contributed by atoms with Crippen molar-refractivity contribution in [2.24, 2.45) is 0 Å². The highest BCUT2D eigenvalue weighted by Crippen LogP contribution is 2.27. The summed E-state index contributed by atoms with van der Waals surface area (Å²) in [5.41, 5.74) is 0.0617. The monoisotopic (exact) mass is 195 g/mol. The van der Waals surface area contributed by atoms with Gasteiger partial charge in [0.1, 0.15) is 0 Å². The van der Waals surface area contributed by atoms with Crippen LogP contribution in [0.5, 0.6) is 0 Å². The molecular weight excluding hydrogens is 175 g/mol. The third-order valence-electron chi connectivity index (χ3n) is 3.14. The van der Waals surface area contributed by atoms with E-state index in [1.54, 1.807) is 21.3 Å². The summed E-state index contributed by atoms with van der Waals surface area (Å²) < 4.78 is 5.55. The molecule has 79 valence electrons. The molecule has 0 heterocycles. The Morgan fingerprint density at radius 2 is 1.86 bits per heavy atom. The molecule has 1 fully saturated rings. The zero-order chi connectivity index (χ0) is 10.8. The van der Waals surface area contributed by atoms with Gasteiger partial charge in [-0.05, 0) is 47.0 Å². The van der Waals surface area contributed by atoms with Gasteiger partial charge < -0.3 is 9.76 Å². The van der Waals surface area contributed by atoms with Crippen LogP contribution >= 0.6 is 0 Å². The maximum atomic E-state index is 9.82.